The summed E-state index contributed by atoms with van der Waals surface area (Å²) in [6.45, 7) is 0. The fourth-order valence-corrected chi connectivity index (χ4v) is 2.78. The predicted octanol–water partition coefficient (Wildman–Crippen LogP) is 3.29. The van der Waals surface area contributed by atoms with E-state index in [2.05, 4.69) is 71.2 Å². The van der Waals surface area contributed by atoms with Gasteiger partial charge in [-0.1, -0.05) is 30.3 Å². The van der Waals surface area contributed by atoms with Crippen LogP contribution in [0.4, 0.5) is 5.69 Å². The number of nitrogens with two attached hydrogens (primary N) is 1. The highest BCUT2D eigenvalue weighted by Crippen LogP contribution is 2.29. The van der Waals surface area contributed by atoms with Crippen molar-refractivity contribution in [1.82, 2.24) is 4.57 Å². The van der Waals surface area contributed by atoms with E-state index in [9.17, 15) is 0 Å². The van der Waals surface area contributed by atoms with Gasteiger partial charge in [-0.3, -0.25) is 0 Å². The first-order chi connectivity index (χ1) is 10.1. The van der Waals surface area contributed by atoms with Gasteiger partial charge in [0.1, 0.15) is 0 Å². The number of hydrogen-bond acceptors (Lipinski definition) is 2. The number of aryl methyl sites for hydroxylation is 1. The Morgan fingerprint density at radius 3 is 2.33 bits per heavy atom. The fraction of sp³-hybridized carbons (Fsp3) is 0.222. The third kappa shape index (κ3) is 2.41. The zero-order valence-corrected chi connectivity index (χ0v) is 12.7. The van der Waals surface area contributed by atoms with Gasteiger partial charge in [-0.25, -0.2) is 0 Å². The van der Waals surface area contributed by atoms with E-state index in [0.717, 1.165) is 5.56 Å². The van der Waals surface area contributed by atoms with Gasteiger partial charge in [0, 0.05) is 43.9 Å². The van der Waals surface area contributed by atoms with Gasteiger partial charge in [0.15, 0.2) is 0 Å². The highest BCUT2D eigenvalue weighted by molar-refractivity contribution is 5.84. The third-order valence-electron chi connectivity index (χ3n) is 4.03. The number of anilines is 1. The first kappa shape index (κ1) is 13.7. The monoisotopic (exact) mass is 279 g/mol. The van der Waals surface area contributed by atoms with Crippen molar-refractivity contribution in [2.75, 3.05) is 19.0 Å². The number of para-hydroxylation sites is 1. The van der Waals surface area contributed by atoms with Crippen molar-refractivity contribution in [2.45, 2.75) is 6.04 Å². The Bertz CT molecular complexity index is 754. The molecule has 1 aromatic heterocycles. The van der Waals surface area contributed by atoms with Crippen LogP contribution in [0, 0.1) is 0 Å². The smallest absolute Gasteiger partial charge is 0.0572 e. The lowest BCUT2D eigenvalue weighted by Gasteiger charge is -2.15. The molecule has 3 heteroatoms. The molecule has 3 nitrogen and oxygen atoms in total. The molecule has 1 atom stereocenters. The van der Waals surface area contributed by atoms with E-state index in [-0.39, 0.29) is 6.04 Å². The summed E-state index contributed by atoms with van der Waals surface area (Å²) < 4.78 is 2.14. The average Bonchev–Trinajstić information content (AvgIpc) is 2.84. The molecule has 0 saturated heterocycles. The van der Waals surface area contributed by atoms with E-state index in [1.165, 1.54) is 22.2 Å². The van der Waals surface area contributed by atoms with Gasteiger partial charge in [-0.05, 0) is 29.3 Å². The molecule has 2 aromatic carbocycles. The summed E-state index contributed by atoms with van der Waals surface area (Å²) in [5.41, 5.74) is 11.2. The van der Waals surface area contributed by atoms with Crippen LogP contribution in [0.2, 0.25) is 0 Å². The molecule has 0 radical (unpaired) electrons. The molecule has 3 rings (SSSR count). The van der Waals surface area contributed by atoms with Gasteiger partial charge >= 0.3 is 0 Å². The number of nitrogens with zero attached hydrogens (tertiary/aromatic N) is 2. The van der Waals surface area contributed by atoms with Gasteiger partial charge in [0.25, 0.3) is 0 Å². The van der Waals surface area contributed by atoms with Crippen molar-refractivity contribution >= 4 is 16.6 Å². The van der Waals surface area contributed by atoms with Crippen LogP contribution in [0.15, 0.2) is 54.7 Å². The SMILES string of the molecule is CN(C)c1ccc(C(N)c2cn(C)c3ccccc23)cc1. The summed E-state index contributed by atoms with van der Waals surface area (Å²) in [7, 11) is 6.15. The Balaban J connectivity index is 2.02. The molecule has 3 aromatic rings. The van der Waals surface area contributed by atoms with Crippen LogP contribution in [0.25, 0.3) is 10.9 Å². The van der Waals surface area contributed by atoms with Crippen LogP contribution >= 0.6 is 0 Å². The van der Waals surface area contributed by atoms with Gasteiger partial charge in [0.05, 0.1) is 6.04 Å². The van der Waals surface area contributed by atoms with E-state index in [0.29, 0.717) is 0 Å². The Morgan fingerprint density at radius 1 is 1.00 bits per heavy atom. The summed E-state index contributed by atoms with van der Waals surface area (Å²) >= 11 is 0. The molecular weight excluding hydrogens is 258 g/mol. The molecule has 0 amide bonds. The summed E-state index contributed by atoms with van der Waals surface area (Å²) in [5, 5.41) is 1.23. The highest BCUT2D eigenvalue weighted by atomic mass is 15.1. The maximum atomic E-state index is 6.49. The lowest BCUT2D eigenvalue weighted by molar-refractivity contribution is 0.861. The van der Waals surface area contributed by atoms with Crippen molar-refractivity contribution in [3.05, 3.63) is 65.9 Å². The second kappa shape index (κ2) is 5.26. The molecular formula is C18H21N3. The van der Waals surface area contributed by atoms with E-state index in [1.807, 2.05) is 14.1 Å². The molecule has 0 aliphatic carbocycles. The van der Waals surface area contributed by atoms with Gasteiger partial charge < -0.3 is 15.2 Å². The normalized spacial score (nSPS) is 12.6. The third-order valence-corrected chi connectivity index (χ3v) is 4.03. The molecule has 21 heavy (non-hydrogen) atoms. The minimum atomic E-state index is -0.104. The number of rotatable bonds is 3. The van der Waals surface area contributed by atoms with Crippen LogP contribution in [-0.4, -0.2) is 18.7 Å². The summed E-state index contributed by atoms with van der Waals surface area (Å²) in [6, 6.07) is 16.7. The van der Waals surface area contributed by atoms with Gasteiger partial charge in [0.2, 0.25) is 0 Å². The predicted molar refractivity (Wildman–Crippen MR) is 89.7 cm³/mol. The molecule has 1 heterocycles. The molecule has 2 N–H and O–H groups in total. The minimum absolute atomic E-state index is 0.104. The zero-order chi connectivity index (χ0) is 15.0. The maximum absolute atomic E-state index is 6.49. The molecule has 0 saturated carbocycles. The van der Waals surface area contributed by atoms with Crippen LogP contribution in [-0.2, 0) is 7.05 Å². The molecule has 0 bridgehead atoms. The topological polar surface area (TPSA) is 34.2 Å². The summed E-state index contributed by atoms with van der Waals surface area (Å²) in [4.78, 5) is 2.09. The first-order valence-electron chi connectivity index (χ1n) is 7.15. The van der Waals surface area contributed by atoms with E-state index in [1.54, 1.807) is 0 Å². The molecule has 1 unspecified atom stereocenters. The van der Waals surface area contributed by atoms with Crippen molar-refractivity contribution in [3.63, 3.8) is 0 Å². The highest BCUT2D eigenvalue weighted by Gasteiger charge is 2.15. The van der Waals surface area contributed by atoms with Crippen molar-refractivity contribution in [1.29, 1.82) is 0 Å². The molecule has 0 spiro atoms. The quantitative estimate of drug-likeness (QED) is 0.798. The van der Waals surface area contributed by atoms with Crippen LogP contribution in [0.5, 0.6) is 0 Å². The summed E-state index contributed by atoms with van der Waals surface area (Å²) in [5.74, 6) is 0. The van der Waals surface area contributed by atoms with E-state index < -0.39 is 0 Å². The van der Waals surface area contributed by atoms with E-state index >= 15 is 0 Å². The molecule has 0 aliphatic heterocycles. The largest absolute Gasteiger partial charge is 0.378 e. The molecule has 108 valence electrons. The number of fused-ring (bicyclic) bond motifs is 1. The van der Waals surface area contributed by atoms with Crippen molar-refractivity contribution in [3.8, 4) is 0 Å². The maximum Gasteiger partial charge on any atom is 0.0572 e. The minimum Gasteiger partial charge on any atom is -0.378 e. The van der Waals surface area contributed by atoms with Crippen LogP contribution < -0.4 is 10.6 Å². The number of benzene rings is 2. The van der Waals surface area contributed by atoms with Gasteiger partial charge in [-0.15, -0.1) is 0 Å². The Morgan fingerprint density at radius 2 is 1.67 bits per heavy atom. The Kier molecular flexibility index (Phi) is 3.43. The van der Waals surface area contributed by atoms with Gasteiger partial charge in [-0.2, -0.15) is 0 Å². The number of hydrogen-bond donors (Lipinski definition) is 1. The van der Waals surface area contributed by atoms with Crippen LogP contribution in [0.1, 0.15) is 17.2 Å². The standard InChI is InChI=1S/C18H21N3/c1-20(2)14-10-8-13(9-11-14)18(19)16-12-21(3)17-7-5-4-6-15(16)17/h4-12,18H,19H2,1-3H3. The number of aromatic nitrogens is 1. The van der Waals surface area contributed by atoms with Crippen molar-refractivity contribution < 1.29 is 0 Å². The second-order valence-electron chi connectivity index (χ2n) is 5.68. The van der Waals surface area contributed by atoms with Crippen LogP contribution in [0.3, 0.4) is 0 Å². The fourth-order valence-electron chi connectivity index (χ4n) is 2.78. The molecule has 0 fully saturated rings. The second-order valence-corrected chi connectivity index (χ2v) is 5.68. The lowest BCUT2D eigenvalue weighted by atomic mass is 9.99. The molecule has 0 aliphatic rings. The Hall–Kier alpha value is -2.26. The first-order valence-corrected chi connectivity index (χ1v) is 7.15. The average molecular weight is 279 g/mol. The zero-order valence-electron chi connectivity index (χ0n) is 12.7. The summed E-state index contributed by atoms with van der Waals surface area (Å²) in [6.07, 6.45) is 2.13. The Labute approximate surface area is 125 Å². The van der Waals surface area contributed by atoms with Crippen molar-refractivity contribution in [2.24, 2.45) is 12.8 Å². The lowest BCUT2D eigenvalue weighted by Crippen LogP contribution is -2.12. The van der Waals surface area contributed by atoms with E-state index in [4.69, 9.17) is 5.73 Å².